The van der Waals surface area contributed by atoms with E-state index < -0.39 is 0 Å². The molecule has 4 rings (SSSR count). The lowest BCUT2D eigenvalue weighted by atomic mass is 10.1. The van der Waals surface area contributed by atoms with Crippen LogP contribution < -0.4 is 19.9 Å². The molecule has 0 unspecified atom stereocenters. The minimum Gasteiger partial charge on any atom is -0.493 e. The molecule has 2 N–H and O–H groups in total. The van der Waals surface area contributed by atoms with Crippen LogP contribution in [0.2, 0.25) is 0 Å². The molecule has 2 aromatic carbocycles. The highest BCUT2D eigenvalue weighted by atomic mass is 16.5. The second-order valence-corrected chi connectivity index (χ2v) is 6.21. The molecule has 0 spiro atoms. The number of anilines is 1. The van der Waals surface area contributed by atoms with E-state index in [-0.39, 0.29) is 0 Å². The summed E-state index contributed by atoms with van der Waals surface area (Å²) < 4.78 is 17.0. The van der Waals surface area contributed by atoms with Crippen molar-refractivity contribution in [1.82, 2.24) is 4.98 Å². The Hall–Kier alpha value is -2.95. The Kier molecular flexibility index (Phi) is 3.84. The Balaban J connectivity index is 1.80. The predicted octanol–water partition coefficient (Wildman–Crippen LogP) is 4.50. The minimum absolute atomic E-state index is 0.543. The maximum absolute atomic E-state index is 6.26. The number of nitrogens with two attached hydrogens (primary N) is 1. The van der Waals surface area contributed by atoms with E-state index in [2.05, 4.69) is 4.98 Å². The molecule has 1 saturated carbocycles. The van der Waals surface area contributed by atoms with E-state index in [0.717, 1.165) is 28.1 Å². The normalized spacial score (nSPS) is 13.7. The van der Waals surface area contributed by atoms with Crippen molar-refractivity contribution in [2.45, 2.75) is 18.8 Å². The van der Waals surface area contributed by atoms with Crippen LogP contribution >= 0.6 is 0 Å². The fourth-order valence-electron chi connectivity index (χ4n) is 3.03. The topological polar surface area (TPSA) is 66.6 Å². The molecule has 0 bridgehead atoms. The smallest absolute Gasteiger partial charge is 0.162 e. The summed E-state index contributed by atoms with van der Waals surface area (Å²) >= 11 is 0. The van der Waals surface area contributed by atoms with Gasteiger partial charge in [0.1, 0.15) is 11.5 Å². The highest BCUT2D eigenvalue weighted by molar-refractivity contribution is 5.88. The maximum Gasteiger partial charge on any atom is 0.162 e. The molecule has 0 amide bonds. The number of benzene rings is 2. The summed E-state index contributed by atoms with van der Waals surface area (Å²) in [4.78, 5) is 4.42. The first kappa shape index (κ1) is 15.6. The Morgan fingerprint density at radius 1 is 0.920 bits per heavy atom. The van der Waals surface area contributed by atoms with Crippen LogP contribution in [0.25, 0.3) is 10.9 Å². The zero-order valence-electron chi connectivity index (χ0n) is 14.3. The second-order valence-electron chi connectivity index (χ2n) is 6.21. The molecule has 5 heteroatoms. The summed E-state index contributed by atoms with van der Waals surface area (Å²) in [7, 11) is 3.23. The molecule has 3 aromatic rings. The van der Waals surface area contributed by atoms with Crippen LogP contribution in [0.1, 0.15) is 24.3 Å². The van der Waals surface area contributed by atoms with Crippen LogP contribution in [0, 0.1) is 0 Å². The second kappa shape index (κ2) is 6.16. The molecule has 0 radical (unpaired) electrons. The van der Waals surface area contributed by atoms with Gasteiger partial charge in [-0.05, 0) is 54.7 Å². The van der Waals surface area contributed by atoms with Gasteiger partial charge in [-0.2, -0.15) is 0 Å². The lowest BCUT2D eigenvalue weighted by Gasteiger charge is -2.14. The molecular weight excluding hydrogens is 316 g/mol. The summed E-state index contributed by atoms with van der Waals surface area (Å²) in [5.74, 6) is 3.41. The van der Waals surface area contributed by atoms with Gasteiger partial charge in [-0.1, -0.05) is 0 Å². The van der Waals surface area contributed by atoms with Gasteiger partial charge < -0.3 is 19.9 Å². The third-order valence-corrected chi connectivity index (χ3v) is 4.48. The van der Waals surface area contributed by atoms with Crippen LogP contribution in [0.15, 0.2) is 42.6 Å². The quantitative estimate of drug-likeness (QED) is 0.695. The van der Waals surface area contributed by atoms with Crippen molar-refractivity contribution in [3.8, 4) is 23.0 Å². The third kappa shape index (κ3) is 2.93. The highest BCUT2D eigenvalue weighted by Crippen LogP contribution is 2.46. The molecule has 1 fully saturated rings. The van der Waals surface area contributed by atoms with Gasteiger partial charge in [0.2, 0.25) is 0 Å². The van der Waals surface area contributed by atoms with Gasteiger partial charge in [-0.25, -0.2) is 0 Å². The standard InChI is InChI=1S/C20H20N2O3/c1-23-19-10-15-16(11-20(19)24-2)22-8-7-18(15)25-17-6-5-13(21)9-14(17)12-3-4-12/h5-12H,3-4,21H2,1-2H3. The van der Waals surface area contributed by atoms with E-state index in [1.165, 1.54) is 18.4 Å². The number of methoxy groups -OCH3 is 2. The van der Waals surface area contributed by atoms with Gasteiger partial charge in [0.05, 0.1) is 19.7 Å². The monoisotopic (exact) mass is 336 g/mol. The molecule has 0 saturated heterocycles. The Bertz CT molecular complexity index is 936. The Morgan fingerprint density at radius 3 is 2.40 bits per heavy atom. The maximum atomic E-state index is 6.26. The average Bonchev–Trinajstić information content (AvgIpc) is 3.47. The van der Waals surface area contributed by atoms with Gasteiger partial charge in [0.25, 0.3) is 0 Å². The highest BCUT2D eigenvalue weighted by Gasteiger charge is 2.27. The summed E-state index contributed by atoms with van der Waals surface area (Å²) in [5, 5.41) is 0.874. The largest absolute Gasteiger partial charge is 0.493 e. The van der Waals surface area contributed by atoms with E-state index in [0.29, 0.717) is 17.4 Å². The van der Waals surface area contributed by atoms with E-state index in [4.69, 9.17) is 19.9 Å². The summed E-state index contributed by atoms with van der Waals surface area (Å²) in [6.45, 7) is 0. The van der Waals surface area contributed by atoms with Gasteiger partial charge >= 0.3 is 0 Å². The van der Waals surface area contributed by atoms with E-state index in [1.54, 1.807) is 20.4 Å². The van der Waals surface area contributed by atoms with E-state index >= 15 is 0 Å². The van der Waals surface area contributed by atoms with Gasteiger partial charge in [-0.15, -0.1) is 0 Å². The number of ether oxygens (including phenoxy) is 3. The first-order chi connectivity index (χ1) is 12.2. The fourth-order valence-corrected chi connectivity index (χ4v) is 3.03. The lowest BCUT2D eigenvalue weighted by molar-refractivity contribution is 0.355. The molecular formula is C20H20N2O3. The molecule has 0 atom stereocenters. The van der Waals surface area contributed by atoms with E-state index in [1.807, 2.05) is 36.4 Å². The minimum atomic E-state index is 0.543. The molecule has 25 heavy (non-hydrogen) atoms. The number of nitrogens with zero attached hydrogens (tertiary/aromatic N) is 1. The number of hydrogen-bond acceptors (Lipinski definition) is 5. The van der Waals surface area contributed by atoms with Crippen molar-refractivity contribution in [2.75, 3.05) is 20.0 Å². The lowest BCUT2D eigenvalue weighted by Crippen LogP contribution is -1.96. The van der Waals surface area contributed by atoms with Gasteiger partial charge in [0, 0.05) is 23.3 Å². The van der Waals surface area contributed by atoms with Gasteiger partial charge in [-0.3, -0.25) is 4.98 Å². The fraction of sp³-hybridized carbons (Fsp3) is 0.250. The SMILES string of the molecule is COc1cc2nccc(Oc3ccc(N)cc3C3CC3)c2cc1OC. The Morgan fingerprint density at radius 2 is 1.68 bits per heavy atom. The molecule has 5 nitrogen and oxygen atoms in total. The zero-order valence-corrected chi connectivity index (χ0v) is 14.3. The van der Waals surface area contributed by atoms with Crippen LogP contribution in [0.3, 0.4) is 0 Å². The number of nitrogen functional groups attached to an aromatic ring is 1. The van der Waals surface area contributed by atoms with Crippen molar-refractivity contribution in [2.24, 2.45) is 0 Å². The number of aromatic nitrogens is 1. The van der Waals surface area contributed by atoms with Crippen LogP contribution in [-0.2, 0) is 0 Å². The number of rotatable bonds is 5. The summed E-state index contributed by atoms with van der Waals surface area (Å²) in [5.41, 5.74) is 8.68. The van der Waals surface area contributed by atoms with Crippen molar-refractivity contribution < 1.29 is 14.2 Å². The molecule has 128 valence electrons. The van der Waals surface area contributed by atoms with Crippen LogP contribution in [0.5, 0.6) is 23.0 Å². The van der Waals surface area contributed by atoms with E-state index in [9.17, 15) is 0 Å². The summed E-state index contributed by atoms with van der Waals surface area (Å²) in [6, 6.07) is 11.4. The number of hydrogen-bond donors (Lipinski definition) is 1. The van der Waals surface area contributed by atoms with Crippen LogP contribution in [0.4, 0.5) is 5.69 Å². The van der Waals surface area contributed by atoms with Crippen molar-refractivity contribution in [3.63, 3.8) is 0 Å². The molecule has 1 heterocycles. The average molecular weight is 336 g/mol. The van der Waals surface area contributed by atoms with Gasteiger partial charge in [0.15, 0.2) is 11.5 Å². The molecule has 0 aliphatic heterocycles. The molecule has 1 aliphatic carbocycles. The molecule has 1 aliphatic rings. The third-order valence-electron chi connectivity index (χ3n) is 4.48. The van der Waals surface area contributed by atoms with Crippen LogP contribution in [-0.4, -0.2) is 19.2 Å². The Labute approximate surface area is 146 Å². The van der Waals surface area contributed by atoms with Crippen molar-refractivity contribution in [1.29, 1.82) is 0 Å². The number of fused-ring (bicyclic) bond motifs is 1. The molecule has 1 aromatic heterocycles. The first-order valence-corrected chi connectivity index (χ1v) is 8.27. The van der Waals surface area contributed by atoms with Crippen molar-refractivity contribution >= 4 is 16.6 Å². The number of pyridine rings is 1. The summed E-state index contributed by atoms with van der Waals surface area (Å²) in [6.07, 6.45) is 4.10. The zero-order chi connectivity index (χ0) is 17.4. The first-order valence-electron chi connectivity index (χ1n) is 8.27. The predicted molar refractivity (Wildman–Crippen MR) is 97.8 cm³/mol. The van der Waals surface area contributed by atoms with Crippen molar-refractivity contribution in [3.05, 3.63) is 48.2 Å².